The summed E-state index contributed by atoms with van der Waals surface area (Å²) in [5.74, 6) is -0.666. The molecule has 1 unspecified atom stereocenters. The summed E-state index contributed by atoms with van der Waals surface area (Å²) in [4.78, 5) is 12.4. The summed E-state index contributed by atoms with van der Waals surface area (Å²) in [7, 11) is -1.67. The minimum absolute atomic E-state index is 0.223. The standard InChI is InChI=1S/C14H8Cl4O2S/c15-8-4-5-10(16)9(6-8)13(19)7-21(20)14-11(17)2-1-3-12(14)18/h1-6H,7H2. The second-order valence-corrected chi connectivity index (χ2v) is 7.13. The van der Waals surface area contributed by atoms with E-state index in [0.717, 1.165) is 0 Å². The van der Waals surface area contributed by atoms with Crippen molar-refractivity contribution < 1.29 is 9.00 Å². The average molecular weight is 382 g/mol. The molecule has 0 saturated carbocycles. The molecule has 0 aliphatic carbocycles. The lowest BCUT2D eigenvalue weighted by Crippen LogP contribution is -2.12. The average Bonchev–Trinajstić information content (AvgIpc) is 2.41. The largest absolute Gasteiger partial charge is 0.293 e. The first-order chi connectivity index (χ1) is 9.90. The first-order valence-electron chi connectivity index (χ1n) is 5.71. The second kappa shape index (κ2) is 7.12. The minimum Gasteiger partial charge on any atom is -0.293 e. The van der Waals surface area contributed by atoms with E-state index in [1.165, 1.54) is 12.1 Å². The molecule has 0 aliphatic heterocycles. The van der Waals surface area contributed by atoms with Gasteiger partial charge in [-0.15, -0.1) is 0 Å². The third-order valence-corrected chi connectivity index (χ3v) is 5.48. The Labute approximate surface area is 144 Å². The van der Waals surface area contributed by atoms with E-state index in [-0.39, 0.29) is 31.3 Å². The number of carbonyl (C=O) groups is 1. The van der Waals surface area contributed by atoms with Gasteiger partial charge < -0.3 is 0 Å². The molecule has 0 fully saturated rings. The summed E-state index contributed by atoms with van der Waals surface area (Å²) in [6.07, 6.45) is 0. The van der Waals surface area contributed by atoms with Crippen LogP contribution in [-0.4, -0.2) is 15.7 Å². The Kier molecular flexibility index (Phi) is 5.69. The summed E-state index contributed by atoms with van der Waals surface area (Å²) in [6, 6.07) is 9.30. The monoisotopic (exact) mass is 380 g/mol. The fourth-order valence-electron chi connectivity index (χ4n) is 1.68. The molecule has 0 heterocycles. The van der Waals surface area contributed by atoms with Crippen LogP contribution in [0.3, 0.4) is 0 Å². The maximum absolute atomic E-state index is 12.3. The van der Waals surface area contributed by atoms with Crippen LogP contribution in [0.4, 0.5) is 0 Å². The lowest BCUT2D eigenvalue weighted by Gasteiger charge is -2.07. The van der Waals surface area contributed by atoms with Crippen LogP contribution in [0.2, 0.25) is 20.1 Å². The molecule has 0 saturated heterocycles. The highest BCUT2D eigenvalue weighted by atomic mass is 35.5. The van der Waals surface area contributed by atoms with E-state index in [9.17, 15) is 9.00 Å². The van der Waals surface area contributed by atoms with Gasteiger partial charge in [-0.1, -0.05) is 52.5 Å². The molecule has 0 N–H and O–H groups in total. The smallest absolute Gasteiger partial charge is 0.177 e. The normalized spacial score (nSPS) is 12.2. The van der Waals surface area contributed by atoms with Gasteiger partial charge in [0.05, 0.1) is 36.5 Å². The van der Waals surface area contributed by atoms with Gasteiger partial charge in [-0.3, -0.25) is 9.00 Å². The number of Topliss-reactive ketones (excluding diaryl/α,β-unsaturated/α-hetero) is 1. The van der Waals surface area contributed by atoms with E-state index in [0.29, 0.717) is 5.02 Å². The van der Waals surface area contributed by atoms with Gasteiger partial charge in [-0.2, -0.15) is 0 Å². The van der Waals surface area contributed by atoms with Gasteiger partial charge in [0.25, 0.3) is 0 Å². The molecule has 0 amide bonds. The molecule has 2 nitrogen and oxygen atoms in total. The summed E-state index contributed by atoms with van der Waals surface area (Å²) in [6.45, 7) is 0. The number of carbonyl (C=O) groups excluding carboxylic acids is 1. The van der Waals surface area contributed by atoms with Crippen molar-refractivity contribution in [1.82, 2.24) is 0 Å². The highest BCUT2D eigenvalue weighted by Gasteiger charge is 2.19. The molecule has 21 heavy (non-hydrogen) atoms. The maximum atomic E-state index is 12.3. The maximum Gasteiger partial charge on any atom is 0.177 e. The van der Waals surface area contributed by atoms with Crippen molar-refractivity contribution in [2.75, 3.05) is 5.75 Å². The number of hydrogen-bond acceptors (Lipinski definition) is 2. The molecular weight excluding hydrogens is 374 g/mol. The predicted octanol–water partition coefficient (Wildman–Crippen LogP) is 5.29. The molecule has 0 aliphatic rings. The quantitative estimate of drug-likeness (QED) is 0.674. The number of hydrogen-bond donors (Lipinski definition) is 0. The van der Waals surface area contributed by atoms with Gasteiger partial charge in [0.1, 0.15) is 0 Å². The van der Waals surface area contributed by atoms with Gasteiger partial charge in [0, 0.05) is 10.6 Å². The van der Waals surface area contributed by atoms with Crippen molar-refractivity contribution in [3.05, 3.63) is 62.1 Å². The Morgan fingerprint density at radius 1 is 0.952 bits per heavy atom. The number of rotatable bonds is 4. The zero-order valence-corrected chi connectivity index (χ0v) is 14.2. The molecule has 0 bridgehead atoms. The van der Waals surface area contributed by atoms with Crippen LogP contribution in [0.15, 0.2) is 41.3 Å². The van der Waals surface area contributed by atoms with Crippen molar-refractivity contribution in [1.29, 1.82) is 0 Å². The zero-order valence-electron chi connectivity index (χ0n) is 10.4. The third-order valence-electron chi connectivity index (χ3n) is 2.64. The van der Waals surface area contributed by atoms with Gasteiger partial charge in [-0.05, 0) is 30.3 Å². The Hall–Kier alpha value is -0.580. The Balaban J connectivity index is 2.27. The van der Waals surface area contributed by atoms with E-state index >= 15 is 0 Å². The van der Waals surface area contributed by atoms with Crippen LogP contribution >= 0.6 is 46.4 Å². The molecule has 1 atom stereocenters. The number of ketones is 1. The molecule has 0 radical (unpaired) electrons. The van der Waals surface area contributed by atoms with Crippen LogP contribution in [0, 0.1) is 0 Å². The summed E-state index contributed by atoms with van der Waals surface area (Å²) < 4.78 is 12.3. The lowest BCUT2D eigenvalue weighted by atomic mass is 10.1. The van der Waals surface area contributed by atoms with Crippen molar-refractivity contribution in [3.8, 4) is 0 Å². The van der Waals surface area contributed by atoms with Gasteiger partial charge in [0.2, 0.25) is 0 Å². The third kappa shape index (κ3) is 3.99. The predicted molar refractivity (Wildman–Crippen MR) is 88.5 cm³/mol. The molecule has 2 rings (SSSR count). The highest BCUT2D eigenvalue weighted by molar-refractivity contribution is 7.86. The van der Waals surface area contributed by atoms with Crippen LogP contribution in [0.5, 0.6) is 0 Å². The summed E-state index contributed by atoms with van der Waals surface area (Å²) >= 11 is 23.7. The number of benzene rings is 2. The topological polar surface area (TPSA) is 34.1 Å². The van der Waals surface area contributed by atoms with Crippen molar-refractivity contribution in [2.45, 2.75) is 4.90 Å². The second-order valence-electron chi connectivity index (χ2n) is 4.09. The SMILES string of the molecule is O=C(CS(=O)c1c(Cl)cccc1Cl)c1cc(Cl)ccc1Cl. The Morgan fingerprint density at radius 2 is 1.57 bits per heavy atom. The van der Waals surface area contributed by atoms with Crippen molar-refractivity contribution in [2.24, 2.45) is 0 Å². The summed E-state index contributed by atoms with van der Waals surface area (Å²) in [5, 5.41) is 1.15. The molecule has 7 heteroatoms. The Bertz CT molecular complexity index is 711. The molecule has 0 spiro atoms. The molecular formula is C14H8Cl4O2S. The molecule has 2 aromatic rings. The highest BCUT2D eigenvalue weighted by Crippen LogP contribution is 2.29. The first kappa shape index (κ1) is 16.8. The zero-order chi connectivity index (χ0) is 15.6. The van der Waals surface area contributed by atoms with Crippen molar-refractivity contribution >= 4 is 63.0 Å². The fourth-order valence-corrected chi connectivity index (χ4v) is 4.10. The van der Waals surface area contributed by atoms with Crippen LogP contribution in [0.25, 0.3) is 0 Å². The fraction of sp³-hybridized carbons (Fsp3) is 0.0714. The van der Waals surface area contributed by atoms with Crippen LogP contribution < -0.4 is 0 Å². The number of halogens is 4. The molecule has 110 valence electrons. The van der Waals surface area contributed by atoms with Crippen molar-refractivity contribution in [3.63, 3.8) is 0 Å². The van der Waals surface area contributed by atoms with E-state index in [4.69, 9.17) is 46.4 Å². The van der Waals surface area contributed by atoms with Gasteiger partial charge in [0.15, 0.2) is 5.78 Å². The van der Waals surface area contributed by atoms with Crippen LogP contribution in [0.1, 0.15) is 10.4 Å². The first-order valence-corrected chi connectivity index (χ1v) is 8.54. The lowest BCUT2D eigenvalue weighted by molar-refractivity contribution is 0.102. The molecule has 2 aromatic carbocycles. The van der Waals surface area contributed by atoms with E-state index < -0.39 is 16.6 Å². The van der Waals surface area contributed by atoms with E-state index in [1.54, 1.807) is 24.3 Å². The Morgan fingerprint density at radius 3 is 2.19 bits per heavy atom. The summed E-state index contributed by atoms with van der Waals surface area (Å²) in [5.41, 5.74) is 0.223. The molecule has 0 aromatic heterocycles. The van der Waals surface area contributed by atoms with Crippen LogP contribution in [-0.2, 0) is 10.8 Å². The van der Waals surface area contributed by atoms with Gasteiger partial charge >= 0.3 is 0 Å². The van der Waals surface area contributed by atoms with Gasteiger partial charge in [-0.25, -0.2) is 0 Å². The minimum atomic E-state index is -1.67. The van der Waals surface area contributed by atoms with E-state index in [2.05, 4.69) is 0 Å². The van der Waals surface area contributed by atoms with E-state index in [1.807, 2.05) is 0 Å².